The van der Waals surface area contributed by atoms with Gasteiger partial charge in [0.25, 0.3) is 0 Å². The molecule has 0 fully saturated rings. The first kappa shape index (κ1) is 17.9. The maximum atomic E-state index is 13.7. The van der Waals surface area contributed by atoms with Gasteiger partial charge in [-0.2, -0.15) is 0 Å². The number of hydrogen-bond acceptors (Lipinski definition) is 6. The quantitative estimate of drug-likeness (QED) is 0.308. The van der Waals surface area contributed by atoms with Crippen LogP contribution >= 0.6 is 0 Å². The van der Waals surface area contributed by atoms with E-state index in [1.165, 1.54) is 0 Å². The van der Waals surface area contributed by atoms with Gasteiger partial charge in [-0.05, 0) is 0 Å². The average molecular weight is 426 g/mol. The molecule has 1 aromatic carbocycles. The van der Waals surface area contributed by atoms with Crippen molar-refractivity contribution in [2.24, 2.45) is 9.96 Å². The zero-order valence-electron chi connectivity index (χ0n) is 9.18. The van der Waals surface area contributed by atoms with Crippen molar-refractivity contribution >= 4 is 52.7 Å². The van der Waals surface area contributed by atoms with E-state index in [1.807, 2.05) is 0 Å². The molecule has 15 heteroatoms. The first-order valence-electron chi connectivity index (χ1n) is 4.41. The van der Waals surface area contributed by atoms with E-state index in [-0.39, 0.29) is 0 Å². The summed E-state index contributed by atoms with van der Waals surface area (Å²) in [6.07, 6.45) is 0. The van der Waals surface area contributed by atoms with Crippen LogP contribution in [0.15, 0.2) is 9.96 Å². The first-order chi connectivity index (χ1) is 9.86. The summed E-state index contributed by atoms with van der Waals surface area (Å²) in [5, 5.41) is 0. The predicted octanol–water partition coefficient (Wildman–Crippen LogP) is 0.718. The Bertz CT molecular complexity index is 685. The van der Waals surface area contributed by atoms with E-state index in [2.05, 4.69) is 9.96 Å². The normalized spacial score (nSPS) is 13.0. The number of halogens is 5. The second kappa shape index (κ2) is 7.23. The Morgan fingerprint density at radius 3 is 1.19 bits per heavy atom. The van der Waals surface area contributed by atoms with E-state index in [0.717, 1.165) is 0 Å². The molecule has 1 rings (SSSR count). The first-order valence-corrected chi connectivity index (χ1v) is 10.4. The van der Waals surface area contributed by atoms with E-state index >= 15 is 0 Å². The molecule has 0 saturated heterocycles. The van der Waals surface area contributed by atoms with Crippen molar-refractivity contribution in [3.05, 3.63) is 29.1 Å². The summed E-state index contributed by atoms with van der Waals surface area (Å²) in [6, 6.07) is 0. The van der Waals surface area contributed by atoms with Crippen molar-refractivity contribution in [3.8, 4) is 0 Å². The van der Waals surface area contributed by atoms with Gasteiger partial charge in [0.1, 0.15) is 0 Å². The Balaban J connectivity index is 4.05. The third kappa shape index (κ3) is 3.22. The van der Waals surface area contributed by atoms with E-state index in [9.17, 15) is 34.6 Å². The fourth-order valence-electron chi connectivity index (χ4n) is 1.24. The average Bonchev–Trinajstić information content (AvgIpc) is 2.44. The van der Waals surface area contributed by atoms with Gasteiger partial charge in [0.2, 0.25) is 0 Å². The number of nitrogens with zero attached hydrogens (tertiary/aromatic N) is 3. The Morgan fingerprint density at radius 2 is 0.905 bits per heavy atom. The zero-order valence-corrected chi connectivity index (χ0v) is 13.7. The van der Waals surface area contributed by atoms with Crippen LogP contribution in [0.2, 0.25) is 0 Å². The van der Waals surface area contributed by atoms with Gasteiger partial charge in [-0.15, -0.1) is 0 Å². The van der Waals surface area contributed by atoms with E-state index in [4.69, 9.17) is 0 Å². The predicted molar refractivity (Wildman–Crippen MR) is 63.3 cm³/mol. The fourth-order valence-corrected chi connectivity index (χ4v) is 9.50. The van der Waals surface area contributed by atoms with Crippen LogP contribution < -0.4 is 4.40 Å². The van der Waals surface area contributed by atoms with E-state index < -0.39 is 81.8 Å². The van der Waals surface area contributed by atoms with Crippen LogP contribution in [-0.4, -0.2) is 26.6 Å². The van der Waals surface area contributed by atoms with Gasteiger partial charge in [0, 0.05) is 0 Å². The van der Waals surface area contributed by atoms with Gasteiger partial charge in [-0.3, -0.25) is 0 Å². The van der Waals surface area contributed by atoms with Gasteiger partial charge in [-0.25, -0.2) is 0 Å². The third-order valence-electron chi connectivity index (χ3n) is 2.04. The molecular weight excluding hydrogens is 426 g/mol. The van der Waals surface area contributed by atoms with Crippen LogP contribution in [0.25, 0.3) is 0 Å². The van der Waals surface area contributed by atoms with Crippen molar-refractivity contribution in [2.45, 2.75) is 0 Å². The molecule has 0 amide bonds. The van der Waals surface area contributed by atoms with Gasteiger partial charge in [-0.1, -0.05) is 0 Å². The fraction of sp³-hybridized carbons (Fsp3) is 0. The molecule has 0 N–H and O–H groups in total. The molecule has 0 aromatic heterocycles. The molecule has 0 saturated carbocycles. The Hall–Kier alpha value is -1.13. The number of benzene rings is 1. The Labute approximate surface area is 126 Å². The molecule has 1 aromatic rings. The second-order valence-electron chi connectivity index (χ2n) is 3.08. The van der Waals surface area contributed by atoms with Crippen LogP contribution in [0.1, 0.15) is 0 Å². The van der Waals surface area contributed by atoms with Gasteiger partial charge in [0.05, 0.1) is 0 Å². The van der Waals surface area contributed by atoms with Gasteiger partial charge >= 0.3 is 126 Å². The molecule has 0 aliphatic carbocycles. The summed E-state index contributed by atoms with van der Waals surface area (Å²) in [7, 11) is 0. The summed E-state index contributed by atoms with van der Waals surface area (Å²) in [5.41, 5.74) is 0. The summed E-state index contributed by atoms with van der Waals surface area (Å²) in [4.78, 5) is 0. The van der Waals surface area contributed by atoms with Gasteiger partial charge < -0.3 is 0 Å². The Morgan fingerprint density at radius 1 is 0.619 bits per heavy atom. The molecule has 0 aliphatic heterocycles. The topological polar surface area (TPSA) is 88.3 Å². The van der Waals surface area contributed by atoms with Crippen molar-refractivity contribution < 1.29 is 34.6 Å². The minimum absolute atomic E-state index is 0.689. The molecular formula is C6F5GeN3O3S3. The molecule has 0 aliphatic rings. The summed E-state index contributed by atoms with van der Waals surface area (Å²) >= 11 is -7.59. The molecule has 0 bridgehead atoms. The molecule has 0 spiro atoms. The molecule has 114 valence electrons. The van der Waals surface area contributed by atoms with E-state index in [0.29, 0.717) is 0 Å². The van der Waals surface area contributed by atoms with Crippen LogP contribution in [0.5, 0.6) is 0 Å². The summed E-state index contributed by atoms with van der Waals surface area (Å²) < 4.78 is 105. The summed E-state index contributed by atoms with van der Waals surface area (Å²) in [6.45, 7) is 0. The standard InChI is InChI=1S/C6F5GeN3O3S3/c7-1-2(8)4(10)6(5(11)3(1)9)12(13-19-16,14-20-17)15-21-18. The molecule has 0 heterocycles. The molecule has 0 unspecified atom stereocenters. The van der Waals surface area contributed by atoms with Crippen molar-refractivity contribution in [3.63, 3.8) is 0 Å². The summed E-state index contributed by atoms with van der Waals surface area (Å²) in [5.74, 6) is -11.7. The van der Waals surface area contributed by atoms with Crippen LogP contribution in [0.4, 0.5) is 22.0 Å². The number of hydrogen-bond donors (Lipinski definition) is 0. The van der Waals surface area contributed by atoms with Crippen LogP contribution in [0.3, 0.4) is 0 Å². The number of rotatable bonds is 4. The molecule has 0 radical (unpaired) electrons. The van der Waals surface area contributed by atoms with Crippen molar-refractivity contribution in [1.29, 1.82) is 0 Å². The monoisotopic (exact) mass is 427 g/mol. The van der Waals surface area contributed by atoms with Crippen molar-refractivity contribution in [2.75, 3.05) is 0 Å². The van der Waals surface area contributed by atoms with Crippen LogP contribution in [0, 0.1) is 29.1 Å². The molecule has 21 heavy (non-hydrogen) atoms. The minimum atomic E-state index is -5.53. The van der Waals surface area contributed by atoms with Crippen LogP contribution in [-0.2, 0) is 34.4 Å². The molecule has 6 nitrogen and oxygen atoms in total. The molecule has 0 atom stereocenters. The SMILES string of the molecule is O=S=[N][Ge]([N]=S=O)([N]=S=O)[c]1c(F)c(F)c(F)c(F)c1F. The zero-order chi connectivity index (χ0) is 16.2. The van der Waals surface area contributed by atoms with E-state index in [1.54, 1.807) is 0 Å². The van der Waals surface area contributed by atoms with Gasteiger partial charge in [0.15, 0.2) is 0 Å². The maximum absolute atomic E-state index is 13.7. The third-order valence-corrected chi connectivity index (χ3v) is 11.6. The van der Waals surface area contributed by atoms with Crippen molar-refractivity contribution in [1.82, 2.24) is 0 Å². The second-order valence-corrected chi connectivity index (χ2v) is 11.2. The Kier molecular flexibility index (Phi) is 6.17.